The van der Waals surface area contributed by atoms with Gasteiger partial charge < -0.3 is 15.8 Å². The van der Waals surface area contributed by atoms with Crippen molar-refractivity contribution in [3.05, 3.63) is 0 Å². The normalized spacial score (nSPS) is 21.2. The summed E-state index contributed by atoms with van der Waals surface area (Å²) >= 11 is 0. The number of hydrogen-bond donors (Lipinski definition) is 2. The maximum absolute atomic E-state index is 11.6. The van der Waals surface area contributed by atoms with Gasteiger partial charge in [-0.1, -0.05) is 0 Å². The van der Waals surface area contributed by atoms with Gasteiger partial charge >= 0.3 is 0 Å². The Morgan fingerprint density at radius 2 is 2.18 bits per heavy atom. The van der Waals surface area contributed by atoms with Crippen LogP contribution < -0.4 is 11.1 Å². The molecule has 1 saturated heterocycles. The molecule has 100 valence electrons. The lowest BCUT2D eigenvalue weighted by Gasteiger charge is -2.38. The summed E-state index contributed by atoms with van der Waals surface area (Å²) in [5.74, 6) is -0.106. The zero-order valence-corrected chi connectivity index (χ0v) is 11.4. The second kappa shape index (κ2) is 5.33. The molecule has 3 N–H and O–H groups in total. The molecule has 0 saturated carbocycles. The molecule has 0 bridgehead atoms. The maximum atomic E-state index is 11.6. The van der Waals surface area contributed by atoms with Crippen molar-refractivity contribution in [1.82, 2.24) is 10.2 Å². The van der Waals surface area contributed by atoms with E-state index in [9.17, 15) is 4.79 Å². The van der Waals surface area contributed by atoms with Crippen LogP contribution in [-0.4, -0.2) is 54.7 Å². The minimum absolute atomic E-state index is 0.0879. The summed E-state index contributed by atoms with van der Waals surface area (Å²) in [6, 6.07) is 0. The highest BCUT2D eigenvalue weighted by atomic mass is 16.5. The molecule has 1 heterocycles. The van der Waals surface area contributed by atoms with Crippen molar-refractivity contribution in [2.24, 2.45) is 5.73 Å². The molecule has 1 aliphatic rings. The first-order chi connectivity index (χ1) is 7.71. The minimum atomic E-state index is -0.801. The molecule has 0 aromatic carbocycles. The third-order valence-electron chi connectivity index (χ3n) is 2.80. The number of carbonyl (C=O) groups is 1. The van der Waals surface area contributed by atoms with Crippen LogP contribution >= 0.6 is 0 Å². The molecule has 0 aliphatic carbocycles. The topological polar surface area (TPSA) is 67.6 Å². The maximum Gasteiger partial charge on any atom is 0.239 e. The van der Waals surface area contributed by atoms with Crippen LogP contribution in [0, 0.1) is 0 Å². The third kappa shape index (κ3) is 5.02. The molecule has 1 rings (SSSR count). The van der Waals surface area contributed by atoms with E-state index < -0.39 is 5.54 Å². The van der Waals surface area contributed by atoms with Crippen molar-refractivity contribution in [3.63, 3.8) is 0 Å². The fourth-order valence-electron chi connectivity index (χ4n) is 1.86. The van der Waals surface area contributed by atoms with Gasteiger partial charge in [0, 0.05) is 26.2 Å². The number of nitrogens with one attached hydrogen (secondary N) is 1. The second-order valence-electron chi connectivity index (χ2n) is 5.86. The van der Waals surface area contributed by atoms with Crippen LogP contribution in [0.15, 0.2) is 0 Å². The molecular formula is C12H25N3O2. The molecule has 1 fully saturated rings. The number of carbonyl (C=O) groups excluding carboxylic acids is 1. The summed E-state index contributed by atoms with van der Waals surface area (Å²) in [6.45, 7) is 11.6. The van der Waals surface area contributed by atoms with Gasteiger partial charge in [-0.25, -0.2) is 0 Å². The van der Waals surface area contributed by atoms with Crippen LogP contribution in [0.3, 0.4) is 0 Å². The van der Waals surface area contributed by atoms with E-state index >= 15 is 0 Å². The highest BCUT2D eigenvalue weighted by Crippen LogP contribution is 2.15. The number of nitrogens with two attached hydrogens (primary N) is 1. The third-order valence-corrected chi connectivity index (χ3v) is 2.80. The summed E-state index contributed by atoms with van der Waals surface area (Å²) in [4.78, 5) is 13.9. The van der Waals surface area contributed by atoms with E-state index in [-0.39, 0.29) is 11.5 Å². The van der Waals surface area contributed by atoms with Crippen molar-refractivity contribution in [3.8, 4) is 0 Å². The minimum Gasteiger partial charge on any atom is -0.373 e. The van der Waals surface area contributed by atoms with Crippen molar-refractivity contribution < 1.29 is 9.53 Å². The zero-order chi connectivity index (χ0) is 13.1. The van der Waals surface area contributed by atoms with E-state index in [4.69, 9.17) is 10.5 Å². The number of rotatable bonds is 4. The van der Waals surface area contributed by atoms with Gasteiger partial charge in [-0.2, -0.15) is 0 Å². The molecule has 1 aliphatic heterocycles. The van der Waals surface area contributed by atoms with Gasteiger partial charge in [0.15, 0.2) is 0 Å². The summed E-state index contributed by atoms with van der Waals surface area (Å²) in [5.41, 5.74) is 4.81. The Morgan fingerprint density at radius 1 is 1.53 bits per heavy atom. The fourth-order valence-corrected chi connectivity index (χ4v) is 1.86. The van der Waals surface area contributed by atoms with E-state index in [0.717, 1.165) is 26.2 Å². The van der Waals surface area contributed by atoms with Crippen LogP contribution in [0.5, 0.6) is 0 Å². The van der Waals surface area contributed by atoms with Crippen molar-refractivity contribution in [2.75, 3.05) is 32.8 Å². The van der Waals surface area contributed by atoms with Crippen LogP contribution in [0.1, 0.15) is 27.7 Å². The lowest BCUT2D eigenvalue weighted by atomic mass is 10.1. The largest absolute Gasteiger partial charge is 0.373 e. The van der Waals surface area contributed by atoms with Crippen molar-refractivity contribution >= 4 is 5.91 Å². The smallest absolute Gasteiger partial charge is 0.239 e. The Bertz CT molecular complexity index is 271. The second-order valence-corrected chi connectivity index (χ2v) is 5.86. The quantitative estimate of drug-likeness (QED) is 0.726. The van der Waals surface area contributed by atoms with Gasteiger partial charge in [0.2, 0.25) is 5.91 Å². The standard InChI is InChI=1S/C12H25N3O2/c1-11(2)9-15(7-8-17-11)6-5-14-10(16)12(3,4)13/h5-9,13H2,1-4H3,(H,14,16). The zero-order valence-electron chi connectivity index (χ0n) is 11.4. The van der Waals surface area contributed by atoms with Gasteiger partial charge in [0.25, 0.3) is 0 Å². The van der Waals surface area contributed by atoms with Gasteiger partial charge in [0.1, 0.15) is 0 Å². The average molecular weight is 243 g/mol. The van der Waals surface area contributed by atoms with Crippen LogP contribution in [0.2, 0.25) is 0 Å². The Balaban J connectivity index is 2.25. The lowest BCUT2D eigenvalue weighted by molar-refractivity contribution is -0.125. The monoisotopic (exact) mass is 243 g/mol. The Morgan fingerprint density at radius 3 is 2.71 bits per heavy atom. The molecule has 0 aromatic heterocycles. The van der Waals surface area contributed by atoms with E-state index in [1.54, 1.807) is 13.8 Å². The molecule has 0 unspecified atom stereocenters. The molecule has 5 nitrogen and oxygen atoms in total. The molecule has 0 spiro atoms. The Kier molecular flexibility index (Phi) is 4.52. The first kappa shape index (κ1) is 14.4. The SMILES string of the molecule is CC1(C)CN(CCNC(=O)C(C)(C)N)CCO1. The van der Waals surface area contributed by atoms with Crippen LogP contribution in [0.25, 0.3) is 0 Å². The van der Waals surface area contributed by atoms with E-state index in [1.807, 2.05) is 0 Å². The molecule has 0 atom stereocenters. The summed E-state index contributed by atoms with van der Waals surface area (Å²) in [5, 5.41) is 2.85. The number of hydrogen-bond acceptors (Lipinski definition) is 4. The highest BCUT2D eigenvalue weighted by molar-refractivity contribution is 5.84. The number of nitrogens with zero attached hydrogens (tertiary/aromatic N) is 1. The molecule has 1 amide bonds. The fraction of sp³-hybridized carbons (Fsp3) is 0.917. The molecule has 17 heavy (non-hydrogen) atoms. The number of morpholine rings is 1. The molecule has 0 radical (unpaired) electrons. The van der Waals surface area contributed by atoms with Crippen molar-refractivity contribution in [1.29, 1.82) is 0 Å². The van der Waals surface area contributed by atoms with E-state index in [1.165, 1.54) is 0 Å². The lowest BCUT2D eigenvalue weighted by Crippen LogP contribution is -2.53. The predicted octanol–water partition coefficient (Wildman–Crippen LogP) is -0.0493. The summed E-state index contributed by atoms with van der Waals surface area (Å²) < 4.78 is 5.63. The van der Waals surface area contributed by atoms with Gasteiger partial charge in [0.05, 0.1) is 17.7 Å². The van der Waals surface area contributed by atoms with Crippen molar-refractivity contribution in [2.45, 2.75) is 38.8 Å². The Hall–Kier alpha value is -0.650. The first-order valence-electron chi connectivity index (χ1n) is 6.14. The van der Waals surface area contributed by atoms with E-state index in [0.29, 0.717) is 6.54 Å². The number of ether oxygens (including phenoxy) is 1. The van der Waals surface area contributed by atoms with Gasteiger partial charge in [-0.15, -0.1) is 0 Å². The van der Waals surface area contributed by atoms with Gasteiger partial charge in [-0.05, 0) is 27.7 Å². The van der Waals surface area contributed by atoms with Crippen LogP contribution in [0.4, 0.5) is 0 Å². The summed E-state index contributed by atoms with van der Waals surface area (Å²) in [7, 11) is 0. The van der Waals surface area contributed by atoms with Gasteiger partial charge in [-0.3, -0.25) is 9.69 Å². The first-order valence-corrected chi connectivity index (χ1v) is 6.14. The highest BCUT2D eigenvalue weighted by Gasteiger charge is 2.27. The predicted molar refractivity (Wildman–Crippen MR) is 67.7 cm³/mol. The van der Waals surface area contributed by atoms with Crippen LogP contribution in [-0.2, 0) is 9.53 Å². The average Bonchev–Trinajstić information content (AvgIpc) is 2.14. The molecular weight excluding hydrogens is 218 g/mol. The molecule has 5 heteroatoms. The number of amides is 1. The summed E-state index contributed by atoms with van der Waals surface area (Å²) in [6.07, 6.45) is 0. The Labute approximate surface area is 104 Å². The van der Waals surface area contributed by atoms with E-state index in [2.05, 4.69) is 24.1 Å². The molecule has 0 aromatic rings.